The number of hydrogen-bond acceptors (Lipinski definition) is 4. The maximum Gasteiger partial charge on any atom is 0.241 e. The fourth-order valence-electron chi connectivity index (χ4n) is 2.26. The van der Waals surface area contributed by atoms with E-state index >= 15 is 0 Å². The SMILES string of the molecule is COc1ccc(OC)c([C@@H](C)NS(=O)(=O)c2ccc(C)cc2)c1. The summed E-state index contributed by atoms with van der Waals surface area (Å²) in [6.45, 7) is 3.68. The molecule has 0 aliphatic carbocycles. The van der Waals surface area contributed by atoms with E-state index in [1.165, 1.54) is 0 Å². The van der Waals surface area contributed by atoms with Gasteiger partial charge in [-0.3, -0.25) is 0 Å². The van der Waals surface area contributed by atoms with Gasteiger partial charge >= 0.3 is 0 Å². The van der Waals surface area contributed by atoms with Crippen molar-refractivity contribution in [3.05, 3.63) is 53.6 Å². The number of nitrogens with one attached hydrogen (secondary N) is 1. The van der Waals surface area contributed by atoms with E-state index in [1.54, 1.807) is 63.6 Å². The topological polar surface area (TPSA) is 64.6 Å². The zero-order chi connectivity index (χ0) is 17.0. The van der Waals surface area contributed by atoms with E-state index in [9.17, 15) is 8.42 Å². The first kappa shape index (κ1) is 17.3. The van der Waals surface area contributed by atoms with Crippen molar-refractivity contribution in [3.63, 3.8) is 0 Å². The van der Waals surface area contributed by atoms with Crippen LogP contribution in [0.2, 0.25) is 0 Å². The molecule has 0 amide bonds. The highest BCUT2D eigenvalue weighted by atomic mass is 32.2. The normalized spacial score (nSPS) is 12.7. The molecule has 1 atom stereocenters. The van der Waals surface area contributed by atoms with Crippen LogP contribution in [0.25, 0.3) is 0 Å². The third kappa shape index (κ3) is 4.03. The van der Waals surface area contributed by atoms with Crippen molar-refractivity contribution < 1.29 is 17.9 Å². The molecule has 124 valence electrons. The second-order valence-electron chi connectivity index (χ2n) is 5.26. The van der Waals surface area contributed by atoms with Crippen LogP contribution in [0.5, 0.6) is 11.5 Å². The molecular formula is C17H21NO4S. The summed E-state index contributed by atoms with van der Waals surface area (Å²) >= 11 is 0. The molecule has 0 saturated carbocycles. The Hall–Kier alpha value is -2.05. The molecule has 2 rings (SSSR count). The second kappa shape index (κ2) is 7.02. The molecular weight excluding hydrogens is 314 g/mol. The summed E-state index contributed by atoms with van der Waals surface area (Å²) in [6, 6.07) is 11.5. The third-order valence-corrected chi connectivity index (χ3v) is 5.12. The van der Waals surface area contributed by atoms with Gasteiger partial charge in [-0.1, -0.05) is 17.7 Å². The highest BCUT2D eigenvalue weighted by molar-refractivity contribution is 7.89. The fraction of sp³-hybridized carbons (Fsp3) is 0.294. The molecule has 23 heavy (non-hydrogen) atoms. The van der Waals surface area contributed by atoms with Crippen LogP contribution in [0.1, 0.15) is 24.1 Å². The van der Waals surface area contributed by atoms with Crippen molar-refractivity contribution in [2.45, 2.75) is 24.8 Å². The molecule has 0 aliphatic heterocycles. The summed E-state index contributed by atoms with van der Waals surface area (Å²) in [7, 11) is -0.505. The first-order valence-corrected chi connectivity index (χ1v) is 8.66. The van der Waals surface area contributed by atoms with Crippen LogP contribution in [0.15, 0.2) is 47.4 Å². The number of sulfonamides is 1. The van der Waals surface area contributed by atoms with Gasteiger partial charge in [-0.25, -0.2) is 13.1 Å². The van der Waals surface area contributed by atoms with E-state index in [0.717, 1.165) is 5.56 Å². The number of methoxy groups -OCH3 is 2. The van der Waals surface area contributed by atoms with Crippen LogP contribution < -0.4 is 14.2 Å². The molecule has 0 spiro atoms. The van der Waals surface area contributed by atoms with Gasteiger partial charge in [-0.15, -0.1) is 0 Å². The van der Waals surface area contributed by atoms with Crippen LogP contribution in [0.4, 0.5) is 0 Å². The minimum absolute atomic E-state index is 0.233. The highest BCUT2D eigenvalue weighted by Gasteiger charge is 2.21. The lowest BCUT2D eigenvalue weighted by Crippen LogP contribution is -2.27. The highest BCUT2D eigenvalue weighted by Crippen LogP contribution is 2.30. The largest absolute Gasteiger partial charge is 0.497 e. The molecule has 0 fully saturated rings. The molecule has 5 nitrogen and oxygen atoms in total. The average Bonchev–Trinajstić information content (AvgIpc) is 2.54. The lowest BCUT2D eigenvalue weighted by molar-refractivity contribution is 0.395. The van der Waals surface area contributed by atoms with E-state index in [1.807, 2.05) is 6.92 Å². The molecule has 1 N–H and O–H groups in total. The molecule has 0 unspecified atom stereocenters. The van der Waals surface area contributed by atoms with Gasteiger partial charge in [-0.2, -0.15) is 0 Å². The Morgan fingerprint density at radius 1 is 1.00 bits per heavy atom. The lowest BCUT2D eigenvalue weighted by Gasteiger charge is -2.18. The average molecular weight is 335 g/mol. The van der Waals surface area contributed by atoms with E-state index in [2.05, 4.69) is 4.72 Å². The van der Waals surface area contributed by atoms with Gasteiger partial charge in [0.1, 0.15) is 11.5 Å². The summed E-state index contributed by atoms with van der Waals surface area (Å²) in [5, 5.41) is 0. The van der Waals surface area contributed by atoms with Crippen LogP contribution in [-0.4, -0.2) is 22.6 Å². The molecule has 0 aromatic heterocycles. The molecule has 6 heteroatoms. The molecule has 0 heterocycles. The predicted octanol–water partition coefficient (Wildman–Crippen LogP) is 3.05. The summed E-state index contributed by atoms with van der Waals surface area (Å²) in [4.78, 5) is 0.233. The Bertz CT molecular complexity index is 770. The van der Waals surface area contributed by atoms with Crippen LogP contribution in [0.3, 0.4) is 0 Å². The number of rotatable bonds is 6. The Morgan fingerprint density at radius 2 is 1.65 bits per heavy atom. The Balaban J connectivity index is 2.30. The van der Waals surface area contributed by atoms with Gasteiger partial charge in [0.2, 0.25) is 10.0 Å². The van der Waals surface area contributed by atoms with Crippen LogP contribution in [0, 0.1) is 6.92 Å². The van der Waals surface area contributed by atoms with Crippen LogP contribution in [-0.2, 0) is 10.0 Å². The quantitative estimate of drug-likeness (QED) is 0.881. The minimum atomic E-state index is -3.62. The predicted molar refractivity (Wildman–Crippen MR) is 89.5 cm³/mol. The first-order chi connectivity index (χ1) is 10.9. The Kier molecular flexibility index (Phi) is 5.28. The number of benzene rings is 2. The van der Waals surface area contributed by atoms with Gasteiger partial charge in [0.25, 0.3) is 0 Å². The molecule has 0 aliphatic rings. The summed E-state index contributed by atoms with van der Waals surface area (Å²) in [5.41, 5.74) is 1.72. The van der Waals surface area contributed by atoms with E-state index in [4.69, 9.17) is 9.47 Å². The summed E-state index contributed by atoms with van der Waals surface area (Å²) < 4.78 is 38.2. The smallest absolute Gasteiger partial charge is 0.241 e. The zero-order valence-electron chi connectivity index (χ0n) is 13.7. The van der Waals surface area contributed by atoms with Gasteiger partial charge in [0, 0.05) is 11.6 Å². The number of hydrogen-bond donors (Lipinski definition) is 1. The zero-order valence-corrected chi connectivity index (χ0v) is 14.5. The number of aryl methyl sites for hydroxylation is 1. The van der Waals surface area contributed by atoms with E-state index in [-0.39, 0.29) is 4.90 Å². The van der Waals surface area contributed by atoms with Crippen molar-refractivity contribution in [1.82, 2.24) is 4.72 Å². The van der Waals surface area contributed by atoms with Gasteiger partial charge in [0.05, 0.1) is 19.1 Å². The fourth-order valence-corrected chi connectivity index (χ4v) is 3.48. The minimum Gasteiger partial charge on any atom is -0.497 e. The lowest BCUT2D eigenvalue weighted by atomic mass is 10.1. The van der Waals surface area contributed by atoms with Gasteiger partial charge in [0.15, 0.2) is 0 Å². The van der Waals surface area contributed by atoms with Crippen molar-refractivity contribution >= 4 is 10.0 Å². The Morgan fingerprint density at radius 3 is 2.22 bits per heavy atom. The molecule has 0 radical (unpaired) electrons. The van der Waals surface area contributed by atoms with Crippen molar-refractivity contribution in [2.24, 2.45) is 0 Å². The van der Waals surface area contributed by atoms with Crippen LogP contribution >= 0.6 is 0 Å². The molecule has 0 bridgehead atoms. The van der Waals surface area contributed by atoms with E-state index in [0.29, 0.717) is 17.1 Å². The maximum atomic E-state index is 12.5. The van der Waals surface area contributed by atoms with Crippen molar-refractivity contribution in [1.29, 1.82) is 0 Å². The third-order valence-electron chi connectivity index (χ3n) is 3.57. The van der Waals surface area contributed by atoms with Crippen molar-refractivity contribution in [2.75, 3.05) is 14.2 Å². The van der Waals surface area contributed by atoms with Gasteiger partial charge < -0.3 is 9.47 Å². The monoisotopic (exact) mass is 335 g/mol. The standard InChI is InChI=1S/C17H21NO4S/c1-12-5-8-15(9-6-12)23(19,20)18-13(2)16-11-14(21-3)7-10-17(16)22-4/h5-11,13,18H,1-4H3/t13-/m1/s1. The van der Waals surface area contributed by atoms with Gasteiger partial charge in [-0.05, 0) is 44.2 Å². The second-order valence-corrected chi connectivity index (χ2v) is 6.98. The maximum absolute atomic E-state index is 12.5. The molecule has 2 aromatic rings. The summed E-state index contributed by atoms with van der Waals surface area (Å²) in [5.74, 6) is 1.24. The first-order valence-electron chi connectivity index (χ1n) is 7.18. The van der Waals surface area contributed by atoms with Crippen molar-refractivity contribution in [3.8, 4) is 11.5 Å². The molecule has 0 saturated heterocycles. The Labute approximate surface area is 137 Å². The molecule has 2 aromatic carbocycles. The number of ether oxygens (including phenoxy) is 2. The van der Waals surface area contributed by atoms with E-state index < -0.39 is 16.1 Å². The summed E-state index contributed by atoms with van der Waals surface area (Å²) in [6.07, 6.45) is 0.